The van der Waals surface area contributed by atoms with Crippen molar-refractivity contribution in [1.82, 2.24) is 0 Å². The quantitative estimate of drug-likeness (QED) is 0.462. The first-order valence-corrected chi connectivity index (χ1v) is 4.27. The van der Waals surface area contributed by atoms with Gasteiger partial charge in [0.05, 0.1) is 0 Å². The lowest BCUT2D eigenvalue weighted by atomic mass is 9.88. The van der Waals surface area contributed by atoms with Gasteiger partial charge in [-0.3, -0.25) is 0 Å². The summed E-state index contributed by atoms with van der Waals surface area (Å²) in [5, 5.41) is 0. The van der Waals surface area contributed by atoms with Gasteiger partial charge in [-0.2, -0.15) is 0 Å². The van der Waals surface area contributed by atoms with E-state index in [-0.39, 0.29) is 0 Å². The van der Waals surface area contributed by atoms with Gasteiger partial charge in [-0.25, -0.2) is 0 Å². The van der Waals surface area contributed by atoms with Crippen molar-refractivity contribution >= 4 is 0 Å². The van der Waals surface area contributed by atoms with E-state index in [9.17, 15) is 0 Å². The second-order valence-electron chi connectivity index (χ2n) is 4.56. The number of hydrogen-bond acceptors (Lipinski definition) is 0. The van der Waals surface area contributed by atoms with E-state index in [1.54, 1.807) is 12.8 Å². The summed E-state index contributed by atoms with van der Waals surface area (Å²) in [5.41, 5.74) is 0.958. The Morgan fingerprint density at radius 1 is 1.33 bits per heavy atom. The fraction of sp³-hybridized carbons (Fsp3) is 1.00. The van der Waals surface area contributed by atoms with Gasteiger partial charge in [-0.15, -0.1) is 0 Å². The molecule has 3 saturated carbocycles. The van der Waals surface area contributed by atoms with E-state index in [4.69, 9.17) is 0 Å². The van der Waals surface area contributed by atoms with Gasteiger partial charge < -0.3 is 0 Å². The molecular formula is C9H14. The molecule has 1 spiro atoms. The highest BCUT2D eigenvalue weighted by Crippen LogP contribution is 2.87. The Morgan fingerprint density at radius 3 is 2.11 bits per heavy atom. The summed E-state index contributed by atoms with van der Waals surface area (Å²) >= 11 is 0. The van der Waals surface area contributed by atoms with E-state index in [0.717, 1.165) is 17.3 Å². The Bertz CT molecular complexity index is 171. The standard InChI is InChI=1S/C9H14/c1-5-3-7-8(5)9(7)4-6(9)2/h5-8H,3-4H2,1-2H3. The van der Waals surface area contributed by atoms with E-state index in [1.165, 1.54) is 11.8 Å². The van der Waals surface area contributed by atoms with Gasteiger partial charge in [-0.05, 0) is 41.9 Å². The first-order valence-electron chi connectivity index (χ1n) is 4.27. The summed E-state index contributed by atoms with van der Waals surface area (Å²) in [4.78, 5) is 0. The predicted octanol–water partition coefficient (Wildman–Crippen LogP) is 2.30. The predicted molar refractivity (Wildman–Crippen MR) is 37.0 cm³/mol. The van der Waals surface area contributed by atoms with Crippen LogP contribution in [0.2, 0.25) is 0 Å². The van der Waals surface area contributed by atoms with E-state index in [0.29, 0.717) is 0 Å². The lowest BCUT2D eigenvalue weighted by molar-refractivity contribution is 0.316. The fourth-order valence-corrected chi connectivity index (χ4v) is 3.67. The molecule has 50 valence electrons. The molecule has 3 rings (SSSR count). The molecule has 0 amide bonds. The van der Waals surface area contributed by atoms with Gasteiger partial charge in [0.15, 0.2) is 0 Å². The summed E-state index contributed by atoms with van der Waals surface area (Å²) in [7, 11) is 0. The maximum absolute atomic E-state index is 2.44. The second kappa shape index (κ2) is 0.980. The average Bonchev–Trinajstić information content (AvgIpc) is 2.50. The van der Waals surface area contributed by atoms with Crippen LogP contribution in [0.25, 0.3) is 0 Å². The van der Waals surface area contributed by atoms with Crippen molar-refractivity contribution in [3.63, 3.8) is 0 Å². The first-order chi connectivity index (χ1) is 4.27. The van der Waals surface area contributed by atoms with Gasteiger partial charge in [0, 0.05) is 0 Å². The van der Waals surface area contributed by atoms with Crippen molar-refractivity contribution in [2.45, 2.75) is 26.7 Å². The number of rotatable bonds is 0. The van der Waals surface area contributed by atoms with Gasteiger partial charge in [0.2, 0.25) is 0 Å². The Labute approximate surface area is 56.6 Å². The number of hydrogen-bond donors (Lipinski definition) is 0. The SMILES string of the molecule is CC1CC2C1C21CC1C. The molecule has 0 N–H and O–H groups in total. The molecular weight excluding hydrogens is 108 g/mol. The Balaban J connectivity index is 1.89. The highest BCUT2D eigenvalue weighted by atomic mass is 14.9. The highest BCUT2D eigenvalue weighted by Gasteiger charge is 2.81. The third-order valence-electron chi connectivity index (χ3n) is 4.29. The smallest absolute Gasteiger partial charge is 0.0204 e. The lowest BCUT2D eigenvalue weighted by Crippen LogP contribution is -2.10. The van der Waals surface area contributed by atoms with Gasteiger partial charge >= 0.3 is 0 Å². The second-order valence-corrected chi connectivity index (χ2v) is 4.56. The minimum atomic E-state index is 0.958. The molecule has 0 radical (unpaired) electrons. The van der Waals surface area contributed by atoms with Crippen molar-refractivity contribution in [3.05, 3.63) is 0 Å². The summed E-state index contributed by atoms with van der Waals surface area (Å²) in [5.74, 6) is 4.62. The van der Waals surface area contributed by atoms with E-state index in [1.807, 2.05) is 0 Å². The molecule has 0 heteroatoms. The summed E-state index contributed by atoms with van der Waals surface area (Å²) in [6.45, 7) is 4.87. The molecule has 0 aromatic rings. The molecule has 0 saturated heterocycles. The highest BCUT2D eigenvalue weighted by molar-refractivity contribution is 5.29. The number of fused-ring (bicyclic) bond motifs is 3. The van der Waals surface area contributed by atoms with Crippen LogP contribution in [0, 0.1) is 29.1 Å². The van der Waals surface area contributed by atoms with E-state index < -0.39 is 0 Å². The molecule has 0 aromatic heterocycles. The Morgan fingerprint density at radius 2 is 2.00 bits per heavy atom. The zero-order chi connectivity index (χ0) is 6.22. The lowest BCUT2D eigenvalue weighted by Gasteiger charge is -2.17. The average molecular weight is 122 g/mol. The minimum Gasteiger partial charge on any atom is -0.0622 e. The molecule has 3 aliphatic carbocycles. The molecule has 0 nitrogen and oxygen atoms in total. The summed E-state index contributed by atoms with van der Waals surface area (Å²) in [6, 6.07) is 0. The van der Waals surface area contributed by atoms with Crippen LogP contribution in [-0.4, -0.2) is 0 Å². The van der Waals surface area contributed by atoms with Crippen LogP contribution in [-0.2, 0) is 0 Å². The third-order valence-corrected chi connectivity index (χ3v) is 4.29. The van der Waals surface area contributed by atoms with Crippen LogP contribution < -0.4 is 0 Å². The molecule has 0 heterocycles. The van der Waals surface area contributed by atoms with Crippen LogP contribution in [0.3, 0.4) is 0 Å². The molecule has 0 bridgehead atoms. The van der Waals surface area contributed by atoms with Crippen LogP contribution >= 0.6 is 0 Å². The van der Waals surface area contributed by atoms with Crippen molar-refractivity contribution in [3.8, 4) is 0 Å². The summed E-state index contributed by atoms with van der Waals surface area (Å²) in [6.07, 6.45) is 3.14. The topological polar surface area (TPSA) is 0 Å². The van der Waals surface area contributed by atoms with E-state index >= 15 is 0 Å². The van der Waals surface area contributed by atoms with Gasteiger partial charge in [-0.1, -0.05) is 13.8 Å². The molecule has 5 atom stereocenters. The Kier molecular flexibility index (Phi) is 0.518. The van der Waals surface area contributed by atoms with Crippen LogP contribution in [0.1, 0.15) is 26.7 Å². The van der Waals surface area contributed by atoms with Crippen LogP contribution in [0.4, 0.5) is 0 Å². The maximum atomic E-state index is 2.44. The largest absolute Gasteiger partial charge is 0.0622 e. The normalized spacial score (nSPS) is 75.3. The molecule has 9 heavy (non-hydrogen) atoms. The van der Waals surface area contributed by atoms with Crippen molar-refractivity contribution in [2.75, 3.05) is 0 Å². The van der Waals surface area contributed by atoms with Crippen molar-refractivity contribution in [2.24, 2.45) is 29.1 Å². The maximum Gasteiger partial charge on any atom is -0.0204 e. The first kappa shape index (κ1) is 4.76. The zero-order valence-corrected chi connectivity index (χ0v) is 6.22. The fourth-order valence-electron chi connectivity index (χ4n) is 3.67. The third kappa shape index (κ3) is 0.300. The van der Waals surface area contributed by atoms with Crippen LogP contribution in [0.5, 0.6) is 0 Å². The molecule has 5 unspecified atom stereocenters. The molecule has 0 aliphatic heterocycles. The minimum absolute atomic E-state index is 0.958. The summed E-state index contributed by atoms with van der Waals surface area (Å²) < 4.78 is 0. The monoisotopic (exact) mass is 122 g/mol. The van der Waals surface area contributed by atoms with Crippen LogP contribution in [0.15, 0.2) is 0 Å². The van der Waals surface area contributed by atoms with Crippen molar-refractivity contribution in [1.29, 1.82) is 0 Å². The van der Waals surface area contributed by atoms with Gasteiger partial charge in [0.25, 0.3) is 0 Å². The Hall–Kier alpha value is 0. The molecule has 0 aromatic carbocycles. The molecule has 3 aliphatic rings. The molecule has 3 fully saturated rings. The van der Waals surface area contributed by atoms with Gasteiger partial charge in [0.1, 0.15) is 0 Å². The zero-order valence-electron chi connectivity index (χ0n) is 6.22. The van der Waals surface area contributed by atoms with Crippen molar-refractivity contribution < 1.29 is 0 Å². The van der Waals surface area contributed by atoms with E-state index in [2.05, 4.69) is 13.8 Å².